The van der Waals surface area contributed by atoms with Crippen LogP contribution in [0.15, 0.2) is 10.9 Å². The van der Waals surface area contributed by atoms with E-state index in [1.165, 1.54) is 4.52 Å². The lowest BCUT2D eigenvalue weighted by molar-refractivity contribution is -0.136. The number of aromatic nitrogens is 3. The first-order chi connectivity index (χ1) is 15.1. The first-order valence-electron chi connectivity index (χ1n) is 11.3. The molecule has 1 saturated heterocycles. The van der Waals surface area contributed by atoms with Gasteiger partial charge >= 0.3 is 0 Å². The summed E-state index contributed by atoms with van der Waals surface area (Å²) in [5, 5.41) is 3.23. The molecule has 1 atom stereocenters. The van der Waals surface area contributed by atoms with Crippen LogP contribution in [0.4, 0.5) is 0 Å². The quantitative estimate of drug-likeness (QED) is 0.778. The second kappa shape index (κ2) is 8.11. The second-order valence-electron chi connectivity index (χ2n) is 8.87. The molecule has 9 heteroatoms. The lowest BCUT2D eigenvalue weighted by Crippen LogP contribution is -2.40. The molecule has 4 heterocycles. The summed E-state index contributed by atoms with van der Waals surface area (Å²) in [6.45, 7) is 1.97. The first kappa shape index (κ1) is 20.2. The van der Waals surface area contributed by atoms with Gasteiger partial charge in [0.25, 0.3) is 5.56 Å². The van der Waals surface area contributed by atoms with Gasteiger partial charge in [0.2, 0.25) is 11.8 Å². The third kappa shape index (κ3) is 3.75. The van der Waals surface area contributed by atoms with Crippen LogP contribution < -0.4 is 5.56 Å². The van der Waals surface area contributed by atoms with Crippen LogP contribution in [0.3, 0.4) is 0 Å². The van der Waals surface area contributed by atoms with E-state index in [0.717, 1.165) is 50.0 Å². The highest BCUT2D eigenvalue weighted by Gasteiger charge is 2.38. The standard InChI is InChI=1S/C22H29N5O4/c1-31-11-8-20(28)25-10-7-16-15(13-25)22(30)27-19(23-16)12-17(24-27)18-4-2-3-9-26(18)21(29)14-5-6-14/h12,14,18,24H,2-11,13H2,1H3/t18-/m1/s1. The zero-order valence-corrected chi connectivity index (χ0v) is 17.9. The summed E-state index contributed by atoms with van der Waals surface area (Å²) >= 11 is 0. The lowest BCUT2D eigenvalue weighted by Gasteiger charge is -2.35. The Labute approximate surface area is 180 Å². The molecule has 1 aliphatic carbocycles. The van der Waals surface area contributed by atoms with Crippen molar-refractivity contribution in [2.75, 3.05) is 26.8 Å². The summed E-state index contributed by atoms with van der Waals surface area (Å²) in [6, 6.07) is 1.88. The van der Waals surface area contributed by atoms with Crippen LogP contribution >= 0.6 is 0 Å². The number of rotatable bonds is 5. The van der Waals surface area contributed by atoms with E-state index in [4.69, 9.17) is 9.72 Å². The van der Waals surface area contributed by atoms with Gasteiger partial charge in [-0.05, 0) is 32.1 Å². The Morgan fingerprint density at radius 2 is 2.06 bits per heavy atom. The molecule has 0 spiro atoms. The van der Waals surface area contributed by atoms with Gasteiger partial charge in [0, 0.05) is 38.6 Å². The Morgan fingerprint density at radius 1 is 1.23 bits per heavy atom. The van der Waals surface area contributed by atoms with Crippen molar-refractivity contribution in [2.45, 2.75) is 57.5 Å². The van der Waals surface area contributed by atoms with E-state index in [1.54, 1.807) is 12.0 Å². The number of aromatic amines is 1. The highest BCUT2D eigenvalue weighted by Crippen LogP contribution is 2.37. The number of nitrogens with zero attached hydrogens (tertiary/aromatic N) is 4. The number of ether oxygens (including phenoxy) is 1. The molecule has 2 fully saturated rings. The van der Waals surface area contributed by atoms with Crippen molar-refractivity contribution in [2.24, 2.45) is 5.92 Å². The second-order valence-corrected chi connectivity index (χ2v) is 8.87. The molecule has 0 bridgehead atoms. The van der Waals surface area contributed by atoms with Gasteiger partial charge in [-0.3, -0.25) is 19.5 Å². The Kier molecular flexibility index (Phi) is 5.29. The number of H-pyrrole nitrogens is 1. The third-order valence-electron chi connectivity index (χ3n) is 6.73. The van der Waals surface area contributed by atoms with Gasteiger partial charge in [-0.15, -0.1) is 0 Å². The molecular weight excluding hydrogens is 398 g/mol. The number of carbonyl (C=O) groups excluding carboxylic acids is 2. The van der Waals surface area contributed by atoms with Gasteiger partial charge in [-0.1, -0.05) is 0 Å². The Hall–Kier alpha value is -2.68. The van der Waals surface area contributed by atoms with Crippen molar-refractivity contribution in [1.29, 1.82) is 0 Å². The fourth-order valence-electron chi connectivity index (χ4n) is 4.81. The van der Waals surface area contributed by atoms with Gasteiger partial charge < -0.3 is 14.5 Å². The fourth-order valence-corrected chi connectivity index (χ4v) is 4.81. The predicted octanol–water partition coefficient (Wildman–Crippen LogP) is 1.41. The van der Waals surface area contributed by atoms with Crippen LogP contribution in [0.1, 0.15) is 61.5 Å². The average molecular weight is 428 g/mol. The number of nitrogens with one attached hydrogen (secondary N) is 1. The first-order valence-corrected chi connectivity index (χ1v) is 11.3. The zero-order chi connectivity index (χ0) is 21.5. The maximum absolute atomic E-state index is 13.2. The molecule has 0 unspecified atom stereocenters. The average Bonchev–Trinajstić information content (AvgIpc) is 3.56. The third-order valence-corrected chi connectivity index (χ3v) is 6.73. The number of methoxy groups -OCH3 is 1. The molecule has 0 aromatic carbocycles. The number of carbonyl (C=O) groups is 2. The van der Waals surface area contributed by atoms with Gasteiger partial charge in [0.1, 0.15) is 0 Å². The number of likely N-dealkylation sites (tertiary alicyclic amines) is 1. The van der Waals surface area contributed by atoms with E-state index in [9.17, 15) is 14.4 Å². The molecule has 2 amide bonds. The summed E-state index contributed by atoms with van der Waals surface area (Å²) in [5.74, 6) is 0.411. The molecule has 2 aliphatic heterocycles. The van der Waals surface area contributed by atoms with Crippen molar-refractivity contribution < 1.29 is 14.3 Å². The monoisotopic (exact) mass is 427 g/mol. The van der Waals surface area contributed by atoms with Crippen molar-refractivity contribution >= 4 is 17.5 Å². The van der Waals surface area contributed by atoms with Gasteiger partial charge in [-0.2, -0.15) is 0 Å². The maximum Gasteiger partial charge on any atom is 0.277 e. The van der Waals surface area contributed by atoms with Gasteiger partial charge in [0.05, 0.1) is 42.6 Å². The van der Waals surface area contributed by atoms with Crippen molar-refractivity contribution in [3.63, 3.8) is 0 Å². The number of amides is 2. The van der Waals surface area contributed by atoms with Crippen molar-refractivity contribution in [3.8, 4) is 0 Å². The van der Waals surface area contributed by atoms with Crippen LogP contribution in [-0.2, 0) is 27.3 Å². The molecule has 1 saturated carbocycles. The highest BCUT2D eigenvalue weighted by molar-refractivity contribution is 5.81. The van der Waals surface area contributed by atoms with E-state index in [2.05, 4.69) is 5.10 Å². The minimum atomic E-state index is -0.161. The largest absolute Gasteiger partial charge is 0.384 e. The minimum Gasteiger partial charge on any atom is -0.384 e. The van der Waals surface area contributed by atoms with Crippen LogP contribution in [0.2, 0.25) is 0 Å². The van der Waals surface area contributed by atoms with E-state index in [-0.39, 0.29) is 35.9 Å². The van der Waals surface area contributed by atoms with Gasteiger partial charge in [0.15, 0.2) is 5.65 Å². The Bertz CT molecular complexity index is 1070. The smallest absolute Gasteiger partial charge is 0.277 e. The summed E-state index contributed by atoms with van der Waals surface area (Å²) < 4.78 is 6.48. The van der Waals surface area contributed by atoms with E-state index in [1.807, 2.05) is 11.0 Å². The van der Waals surface area contributed by atoms with Crippen molar-refractivity contribution in [3.05, 3.63) is 33.4 Å². The number of fused-ring (bicyclic) bond motifs is 2. The molecule has 2 aromatic heterocycles. The SMILES string of the molecule is COCCC(=O)N1CCc2nc3cc([C@H]4CCCCN4C(=O)C4CC4)[nH]n3c(=O)c2C1. The fraction of sp³-hybridized carbons (Fsp3) is 0.636. The summed E-state index contributed by atoms with van der Waals surface area (Å²) in [5.41, 5.74) is 2.63. The molecule has 1 N–H and O–H groups in total. The Morgan fingerprint density at radius 3 is 2.84 bits per heavy atom. The van der Waals surface area contributed by atoms with Gasteiger partial charge in [-0.25, -0.2) is 9.50 Å². The lowest BCUT2D eigenvalue weighted by atomic mass is 9.98. The number of piperidine rings is 1. The Balaban J connectivity index is 1.44. The van der Waals surface area contributed by atoms with E-state index < -0.39 is 0 Å². The van der Waals surface area contributed by atoms with Crippen LogP contribution in [-0.4, -0.2) is 63.0 Å². The molecule has 0 radical (unpaired) electrons. The molecule has 166 valence electrons. The van der Waals surface area contributed by atoms with E-state index >= 15 is 0 Å². The topological polar surface area (TPSA) is 100 Å². The molecule has 3 aliphatic rings. The molecule has 31 heavy (non-hydrogen) atoms. The van der Waals surface area contributed by atoms with Crippen LogP contribution in [0, 0.1) is 5.92 Å². The molecule has 9 nitrogen and oxygen atoms in total. The normalized spacial score (nSPS) is 21.4. The number of hydrogen-bond acceptors (Lipinski definition) is 5. The number of hydrogen-bond donors (Lipinski definition) is 1. The van der Waals surface area contributed by atoms with Crippen molar-refractivity contribution in [1.82, 2.24) is 24.4 Å². The molecule has 2 aromatic rings. The minimum absolute atomic E-state index is 0.0133. The highest BCUT2D eigenvalue weighted by atomic mass is 16.5. The summed E-state index contributed by atoms with van der Waals surface area (Å²) in [6.07, 6.45) is 5.82. The maximum atomic E-state index is 13.2. The zero-order valence-electron chi connectivity index (χ0n) is 17.9. The van der Waals surface area contributed by atoms with Crippen LogP contribution in [0.5, 0.6) is 0 Å². The van der Waals surface area contributed by atoms with Crippen LogP contribution in [0.25, 0.3) is 5.65 Å². The van der Waals surface area contributed by atoms with E-state index in [0.29, 0.717) is 37.2 Å². The molecular formula is C22H29N5O4. The molecule has 5 rings (SSSR count). The predicted molar refractivity (Wildman–Crippen MR) is 112 cm³/mol. The summed E-state index contributed by atoms with van der Waals surface area (Å²) in [4.78, 5) is 46.8. The summed E-state index contributed by atoms with van der Waals surface area (Å²) in [7, 11) is 1.57.